The molecule has 0 spiro atoms. The average molecular weight is 188 g/mol. The van der Waals surface area contributed by atoms with Gasteiger partial charge >= 0.3 is 5.97 Å². The average Bonchev–Trinajstić information content (AvgIpc) is 2.04. The second-order valence-electron chi connectivity index (χ2n) is 4.00. The number of carboxylic acids is 1. The van der Waals surface area contributed by atoms with Crippen LogP contribution in [0.3, 0.4) is 0 Å². The molecule has 0 aromatic rings. The van der Waals surface area contributed by atoms with Crippen molar-refractivity contribution in [1.29, 1.82) is 0 Å². The third kappa shape index (κ3) is 2.19. The molecule has 0 bridgehead atoms. The number of aliphatic hydroxyl groups is 1. The molecule has 0 aromatic carbocycles. The Kier molecular flexibility index (Phi) is 3.27. The first-order chi connectivity index (χ1) is 6.10. The summed E-state index contributed by atoms with van der Waals surface area (Å²) >= 11 is 0. The highest BCUT2D eigenvalue weighted by atomic mass is 16.4. The van der Waals surface area contributed by atoms with Crippen molar-refractivity contribution in [3.8, 4) is 0 Å². The summed E-state index contributed by atoms with van der Waals surface area (Å²) in [7, 11) is 1.92. The van der Waals surface area contributed by atoms with Gasteiger partial charge in [0.2, 0.25) is 0 Å². The topological polar surface area (TPSA) is 57.5 Å². The number of nitrogens with zero attached hydrogens (tertiary/aromatic N) is 1. The van der Waals surface area contributed by atoms with Crippen molar-refractivity contribution in [3.63, 3.8) is 0 Å². The lowest BCUT2D eigenvalue weighted by atomic mass is 9.99. The second-order valence-corrected chi connectivity index (χ2v) is 4.00. The second kappa shape index (κ2) is 4.07. The Balaban J connectivity index is 2.70. The largest absolute Gasteiger partial charge is 0.477 e. The zero-order valence-corrected chi connectivity index (χ0v) is 8.07. The normalized spacial score (nSPS) is 34.5. The highest BCUT2D eigenvalue weighted by Crippen LogP contribution is 2.23. The molecule has 0 radical (unpaired) electrons. The molecular formula is C9H18NO3+. The van der Waals surface area contributed by atoms with E-state index in [0.29, 0.717) is 11.0 Å². The number of quaternary nitrogens is 1. The molecule has 4 nitrogen and oxygen atoms in total. The molecule has 0 aliphatic carbocycles. The standard InChI is InChI=1S/C9H17NO3/c1-10(6-7-11)5-3-2-4-8(10)9(12)13/h8,11H,2-7H2,1H3/p+1. The van der Waals surface area contributed by atoms with Crippen LogP contribution in [-0.2, 0) is 4.79 Å². The van der Waals surface area contributed by atoms with Crippen LogP contribution in [0.25, 0.3) is 0 Å². The van der Waals surface area contributed by atoms with Crippen molar-refractivity contribution in [2.45, 2.75) is 25.3 Å². The lowest BCUT2D eigenvalue weighted by Gasteiger charge is -2.42. The van der Waals surface area contributed by atoms with E-state index in [1.165, 1.54) is 0 Å². The van der Waals surface area contributed by atoms with Gasteiger partial charge in [-0.05, 0) is 12.8 Å². The van der Waals surface area contributed by atoms with Crippen LogP contribution < -0.4 is 0 Å². The Morgan fingerprint density at radius 2 is 2.23 bits per heavy atom. The van der Waals surface area contributed by atoms with Gasteiger partial charge in [0.05, 0.1) is 20.2 Å². The predicted molar refractivity (Wildman–Crippen MR) is 48.3 cm³/mol. The molecule has 4 heteroatoms. The Labute approximate surface area is 78.4 Å². The molecule has 1 heterocycles. The molecule has 13 heavy (non-hydrogen) atoms. The molecular weight excluding hydrogens is 170 g/mol. The van der Waals surface area contributed by atoms with E-state index in [1.807, 2.05) is 7.05 Å². The van der Waals surface area contributed by atoms with Gasteiger partial charge in [-0.1, -0.05) is 0 Å². The van der Waals surface area contributed by atoms with Crippen molar-refractivity contribution in [1.82, 2.24) is 0 Å². The SMILES string of the molecule is C[N+]1(CCO)CCCCC1C(=O)O. The minimum Gasteiger partial charge on any atom is -0.477 e. The zero-order chi connectivity index (χ0) is 9.90. The van der Waals surface area contributed by atoms with Crippen molar-refractivity contribution in [2.75, 3.05) is 26.7 Å². The van der Waals surface area contributed by atoms with Crippen molar-refractivity contribution in [2.24, 2.45) is 0 Å². The maximum absolute atomic E-state index is 10.9. The van der Waals surface area contributed by atoms with Crippen LogP contribution in [0.1, 0.15) is 19.3 Å². The van der Waals surface area contributed by atoms with Crippen LogP contribution in [0, 0.1) is 0 Å². The number of hydrogen-bond acceptors (Lipinski definition) is 2. The van der Waals surface area contributed by atoms with Gasteiger partial charge in [0.25, 0.3) is 0 Å². The monoisotopic (exact) mass is 188 g/mol. The molecule has 2 N–H and O–H groups in total. The summed E-state index contributed by atoms with van der Waals surface area (Å²) in [6.45, 7) is 1.49. The summed E-state index contributed by atoms with van der Waals surface area (Å²) in [5, 5.41) is 17.9. The van der Waals surface area contributed by atoms with Crippen molar-refractivity contribution >= 4 is 5.97 Å². The van der Waals surface area contributed by atoms with Crippen LogP contribution in [0.15, 0.2) is 0 Å². The molecule has 2 unspecified atom stereocenters. The fourth-order valence-corrected chi connectivity index (χ4v) is 2.16. The Hall–Kier alpha value is -0.610. The minimum atomic E-state index is -0.726. The van der Waals surface area contributed by atoms with Crippen LogP contribution in [0.2, 0.25) is 0 Å². The zero-order valence-electron chi connectivity index (χ0n) is 8.07. The van der Waals surface area contributed by atoms with E-state index in [0.717, 1.165) is 25.8 Å². The van der Waals surface area contributed by atoms with Gasteiger partial charge < -0.3 is 14.7 Å². The number of aliphatic hydroxyl groups excluding tert-OH is 1. The van der Waals surface area contributed by atoms with E-state index >= 15 is 0 Å². The maximum Gasteiger partial charge on any atom is 0.362 e. The molecule has 1 saturated heterocycles. The fourth-order valence-electron chi connectivity index (χ4n) is 2.16. The van der Waals surface area contributed by atoms with Crippen LogP contribution >= 0.6 is 0 Å². The first-order valence-electron chi connectivity index (χ1n) is 4.78. The molecule has 76 valence electrons. The highest BCUT2D eigenvalue weighted by molar-refractivity contribution is 5.72. The minimum absolute atomic E-state index is 0.0697. The quantitative estimate of drug-likeness (QED) is 0.616. The number of rotatable bonds is 3. The first-order valence-corrected chi connectivity index (χ1v) is 4.78. The molecule has 0 aromatic heterocycles. The maximum atomic E-state index is 10.9. The summed E-state index contributed by atoms with van der Waals surface area (Å²) in [5.74, 6) is -0.726. The van der Waals surface area contributed by atoms with E-state index in [9.17, 15) is 4.79 Å². The number of hydrogen-bond donors (Lipinski definition) is 2. The van der Waals surface area contributed by atoms with E-state index < -0.39 is 5.97 Å². The number of likely N-dealkylation sites (N-methyl/N-ethyl adjacent to an activating group) is 1. The molecule has 1 fully saturated rings. The van der Waals surface area contributed by atoms with Crippen LogP contribution in [0.4, 0.5) is 0 Å². The number of carboxylic acid groups (broad SMARTS) is 1. The van der Waals surface area contributed by atoms with E-state index in [1.54, 1.807) is 0 Å². The smallest absolute Gasteiger partial charge is 0.362 e. The lowest BCUT2D eigenvalue weighted by molar-refractivity contribution is -0.930. The number of piperidine rings is 1. The van der Waals surface area contributed by atoms with Gasteiger partial charge in [0, 0.05) is 6.42 Å². The third-order valence-corrected chi connectivity index (χ3v) is 3.04. The first kappa shape index (κ1) is 10.5. The summed E-state index contributed by atoms with van der Waals surface area (Å²) in [5.41, 5.74) is 0. The van der Waals surface area contributed by atoms with Crippen molar-refractivity contribution in [3.05, 3.63) is 0 Å². The van der Waals surface area contributed by atoms with E-state index in [4.69, 9.17) is 10.2 Å². The molecule has 1 aliphatic heterocycles. The molecule has 1 aliphatic rings. The molecule has 2 atom stereocenters. The number of likely N-dealkylation sites (tertiary alicyclic amines) is 1. The van der Waals surface area contributed by atoms with Crippen LogP contribution in [-0.4, -0.2) is 53.5 Å². The summed E-state index contributed by atoms with van der Waals surface area (Å²) < 4.78 is 0.492. The molecule has 0 amide bonds. The highest BCUT2D eigenvalue weighted by Gasteiger charge is 2.39. The van der Waals surface area contributed by atoms with Gasteiger partial charge in [-0.3, -0.25) is 0 Å². The summed E-state index contributed by atoms with van der Waals surface area (Å²) in [6, 6.07) is -0.319. The third-order valence-electron chi connectivity index (χ3n) is 3.04. The number of carbonyl (C=O) groups is 1. The van der Waals surface area contributed by atoms with Crippen LogP contribution in [0.5, 0.6) is 0 Å². The Bertz CT molecular complexity index is 191. The van der Waals surface area contributed by atoms with Gasteiger partial charge in [-0.2, -0.15) is 0 Å². The van der Waals surface area contributed by atoms with Gasteiger partial charge in [0.1, 0.15) is 6.54 Å². The van der Waals surface area contributed by atoms with Gasteiger partial charge in [-0.25, -0.2) is 4.79 Å². The number of aliphatic carboxylic acids is 1. The van der Waals surface area contributed by atoms with Gasteiger partial charge in [-0.15, -0.1) is 0 Å². The predicted octanol–water partition coefficient (Wildman–Crippen LogP) is 0.0624. The van der Waals surface area contributed by atoms with E-state index in [-0.39, 0.29) is 12.6 Å². The summed E-state index contributed by atoms with van der Waals surface area (Å²) in [4.78, 5) is 10.9. The van der Waals surface area contributed by atoms with Gasteiger partial charge in [0.15, 0.2) is 6.04 Å². The van der Waals surface area contributed by atoms with Crippen molar-refractivity contribution < 1.29 is 19.5 Å². The molecule has 1 rings (SSSR count). The Morgan fingerprint density at radius 3 is 2.77 bits per heavy atom. The fraction of sp³-hybridized carbons (Fsp3) is 0.889. The summed E-state index contributed by atoms with van der Waals surface area (Å²) in [6.07, 6.45) is 2.81. The Morgan fingerprint density at radius 1 is 1.54 bits per heavy atom. The lowest BCUT2D eigenvalue weighted by Crippen LogP contribution is -2.59. The van der Waals surface area contributed by atoms with E-state index in [2.05, 4.69) is 0 Å². The molecule has 0 saturated carbocycles.